The van der Waals surface area contributed by atoms with Gasteiger partial charge in [-0.2, -0.15) is 0 Å². The second-order valence-corrected chi connectivity index (χ2v) is 5.39. The van der Waals surface area contributed by atoms with Gasteiger partial charge in [0.1, 0.15) is 0 Å². The normalized spacial score (nSPS) is 10.9. The Balaban J connectivity index is 0.00000256. The van der Waals surface area contributed by atoms with Gasteiger partial charge in [-0.1, -0.05) is 0 Å². The molecule has 0 unspecified atom stereocenters. The van der Waals surface area contributed by atoms with Crippen molar-refractivity contribution >= 4 is 22.4 Å². The molecule has 0 spiro atoms. The van der Waals surface area contributed by atoms with E-state index in [0.717, 1.165) is 25.8 Å². The fraction of sp³-hybridized carbons (Fsp3) is 0.500. The lowest BCUT2D eigenvalue weighted by molar-refractivity contribution is 0.579. The molecule has 0 amide bonds. The van der Waals surface area contributed by atoms with Crippen LogP contribution in [0.3, 0.4) is 0 Å². The Morgan fingerprint density at radius 2 is 1.88 bits per heavy atom. The van der Waals surface area contributed by atoms with Crippen LogP contribution in [-0.4, -0.2) is 32.7 Å². The van der Waals surface area contributed by atoms with Gasteiger partial charge in [0, 0.05) is 25.5 Å². The van der Waals surface area contributed by atoms with Crippen molar-refractivity contribution in [2.75, 3.05) is 19.3 Å². The average molecular weight is 280 g/mol. The largest absolute Gasteiger partial charge is 0.313 e. The zero-order chi connectivity index (χ0) is 11.9. The minimum Gasteiger partial charge on any atom is -0.313 e. The number of aromatic nitrogens is 1. The summed E-state index contributed by atoms with van der Waals surface area (Å²) < 4.78 is 23.9. The van der Waals surface area contributed by atoms with Gasteiger partial charge in [0.25, 0.3) is 0 Å². The predicted octanol–water partition coefficient (Wildman–Crippen LogP) is 0.532. The summed E-state index contributed by atoms with van der Waals surface area (Å²) in [4.78, 5) is 3.93. The molecule has 2 N–H and O–H groups in total. The maximum atomic E-state index is 10.7. The number of hydrogen-bond donors (Lipinski definition) is 2. The third-order valence-electron chi connectivity index (χ3n) is 1.97. The Bertz CT molecular complexity index is 397. The number of sulfonamides is 1. The van der Waals surface area contributed by atoms with Gasteiger partial charge in [-0.05, 0) is 30.7 Å². The Morgan fingerprint density at radius 3 is 2.47 bits per heavy atom. The van der Waals surface area contributed by atoms with Crippen molar-refractivity contribution in [1.82, 2.24) is 15.0 Å². The molecule has 0 saturated heterocycles. The van der Waals surface area contributed by atoms with E-state index in [2.05, 4.69) is 15.0 Å². The predicted molar refractivity (Wildman–Crippen MR) is 70.7 cm³/mol. The summed E-state index contributed by atoms with van der Waals surface area (Å²) >= 11 is 0. The molecule has 98 valence electrons. The molecule has 0 aliphatic rings. The molecule has 1 rings (SSSR count). The molecule has 7 heteroatoms. The number of hydrogen-bond acceptors (Lipinski definition) is 4. The number of pyridine rings is 1. The average Bonchev–Trinajstić information content (AvgIpc) is 2.23. The monoisotopic (exact) mass is 279 g/mol. The van der Waals surface area contributed by atoms with E-state index in [1.54, 1.807) is 12.4 Å². The number of rotatable bonds is 7. The van der Waals surface area contributed by atoms with Gasteiger partial charge in [-0.3, -0.25) is 4.98 Å². The molecule has 0 bridgehead atoms. The van der Waals surface area contributed by atoms with Crippen molar-refractivity contribution in [2.45, 2.75) is 13.0 Å². The van der Waals surface area contributed by atoms with E-state index in [0.29, 0.717) is 6.54 Å². The Morgan fingerprint density at radius 1 is 1.24 bits per heavy atom. The molecular formula is C10H18ClN3O2S. The van der Waals surface area contributed by atoms with E-state index in [1.165, 1.54) is 5.56 Å². The van der Waals surface area contributed by atoms with Crippen LogP contribution < -0.4 is 10.0 Å². The first kappa shape index (κ1) is 16.3. The zero-order valence-electron chi connectivity index (χ0n) is 9.72. The van der Waals surface area contributed by atoms with E-state index >= 15 is 0 Å². The first-order valence-electron chi connectivity index (χ1n) is 5.12. The highest BCUT2D eigenvalue weighted by Gasteiger charge is 1.98. The minimum absolute atomic E-state index is 0. The van der Waals surface area contributed by atoms with Gasteiger partial charge >= 0.3 is 0 Å². The molecule has 0 fully saturated rings. The van der Waals surface area contributed by atoms with Crippen LogP contribution in [0.2, 0.25) is 0 Å². The van der Waals surface area contributed by atoms with Crippen LogP contribution >= 0.6 is 12.4 Å². The van der Waals surface area contributed by atoms with E-state index in [-0.39, 0.29) is 12.4 Å². The fourth-order valence-corrected chi connectivity index (χ4v) is 1.72. The van der Waals surface area contributed by atoms with Gasteiger partial charge in [0.05, 0.1) is 6.26 Å². The summed E-state index contributed by atoms with van der Waals surface area (Å²) in [5.74, 6) is 0. The van der Waals surface area contributed by atoms with Crippen molar-refractivity contribution in [2.24, 2.45) is 0 Å². The van der Waals surface area contributed by atoms with Crippen molar-refractivity contribution in [1.29, 1.82) is 0 Å². The number of halogens is 1. The molecule has 1 aromatic rings. The van der Waals surface area contributed by atoms with Gasteiger partial charge < -0.3 is 5.32 Å². The van der Waals surface area contributed by atoms with Crippen molar-refractivity contribution in [3.63, 3.8) is 0 Å². The van der Waals surface area contributed by atoms with Gasteiger partial charge in [0.2, 0.25) is 10.0 Å². The summed E-state index contributed by atoms with van der Waals surface area (Å²) in [6, 6.07) is 3.89. The summed E-state index contributed by atoms with van der Waals surface area (Å²) in [6.45, 7) is 2.04. The molecule has 0 radical (unpaired) electrons. The van der Waals surface area contributed by atoms with Crippen molar-refractivity contribution in [3.8, 4) is 0 Å². The molecule has 0 aromatic carbocycles. The lowest BCUT2D eigenvalue weighted by atomic mass is 10.2. The lowest BCUT2D eigenvalue weighted by Gasteiger charge is -2.05. The summed E-state index contributed by atoms with van der Waals surface area (Å²) in [5, 5.41) is 3.23. The highest BCUT2D eigenvalue weighted by Crippen LogP contribution is 1.94. The first-order chi connectivity index (χ1) is 7.58. The molecule has 0 aliphatic carbocycles. The highest BCUT2D eigenvalue weighted by molar-refractivity contribution is 7.88. The number of nitrogens with one attached hydrogen (secondary N) is 2. The quantitative estimate of drug-likeness (QED) is 0.715. The van der Waals surface area contributed by atoms with E-state index < -0.39 is 10.0 Å². The van der Waals surface area contributed by atoms with Crippen LogP contribution in [0.15, 0.2) is 24.5 Å². The first-order valence-corrected chi connectivity index (χ1v) is 7.01. The van der Waals surface area contributed by atoms with Gasteiger partial charge in [0.15, 0.2) is 0 Å². The molecular weight excluding hydrogens is 262 g/mol. The molecule has 5 nitrogen and oxygen atoms in total. The van der Waals surface area contributed by atoms with Crippen LogP contribution in [0.5, 0.6) is 0 Å². The lowest BCUT2D eigenvalue weighted by Crippen LogP contribution is -2.26. The van der Waals surface area contributed by atoms with Crippen LogP contribution in [0.4, 0.5) is 0 Å². The molecule has 0 aliphatic heterocycles. The van der Waals surface area contributed by atoms with Crippen LogP contribution in [0.1, 0.15) is 12.0 Å². The standard InChI is InChI=1S/C10H17N3O2S.ClH/c1-16(14,15)13-6-2-5-12-9-10-3-7-11-8-4-10;/h3-4,7-8,12-13H,2,5-6,9H2,1H3;1H. The SMILES string of the molecule is CS(=O)(=O)NCCCNCc1ccncc1.Cl. The molecule has 1 heterocycles. The Labute approximate surface area is 108 Å². The maximum Gasteiger partial charge on any atom is 0.208 e. The topological polar surface area (TPSA) is 71.1 Å². The second-order valence-electron chi connectivity index (χ2n) is 3.55. The Hall–Kier alpha value is -0.690. The molecule has 0 atom stereocenters. The third kappa shape index (κ3) is 9.05. The van der Waals surface area contributed by atoms with Gasteiger partial charge in [-0.25, -0.2) is 13.1 Å². The Kier molecular flexibility index (Phi) is 8.07. The van der Waals surface area contributed by atoms with Crippen LogP contribution in [-0.2, 0) is 16.6 Å². The highest BCUT2D eigenvalue weighted by atomic mass is 35.5. The van der Waals surface area contributed by atoms with Crippen LogP contribution in [0.25, 0.3) is 0 Å². The van der Waals surface area contributed by atoms with E-state index in [9.17, 15) is 8.42 Å². The molecule has 0 saturated carbocycles. The third-order valence-corrected chi connectivity index (χ3v) is 2.70. The summed E-state index contributed by atoms with van der Waals surface area (Å²) in [6.07, 6.45) is 5.44. The van der Waals surface area contributed by atoms with Gasteiger partial charge in [-0.15, -0.1) is 12.4 Å². The number of nitrogens with zero attached hydrogens (tertiary/aromatic N) is 1. The van der Waals surface area contributed by atoms with E-state index in [4.69, 9.17) is 0 Å². The van der Waals surface area contributed by atoms with Crippen molar-refractivity contribution < 1.29 is 8.42 Å². The van der Waals surface area contributed by atoms with E-state index in [1.807, 2.05) is 12.1 Å². The van der Waals surface area contributed by atoms with Crippen molar-refractivity contribution in [3.05, 3.63) is 30.1 Å². The maximum absolute atomic E-state index is 10.7. The zero-order valence-corrected chi connectivity index (χ0v) is 11.4. The molecule has 17 heavy (non-hydrogen) atoms. The second kappa shape index (κ2) is 8.41. The fourth-order valence-electron chi connectivity index (χ4n) is 1.20. The minimum atomic E-state index is -3.05. The summed E-state index contributed by atoms with van der Waals surface area (Å²) in [7, 11) is -3.05. The van der Waals surface area contributed by atoms with Crippen LogP contribution in [0, 0.1) is 0 Å². The smallest absolute Gasteiger partial charge is 0.208 e. The molecule has 1 aromatic heterocycles. The summed E-state index contributed by atoms with van der Waals surface area (Å²) in [5.41, 5.74) is 1.17.